The van der Waals surface area contributed by atoms with E-state index in [1.165, 1.54) is 7.11 Å². The first-order chi connectivity index (χ1) is 14.4. The second-order valence-electron chi connectivity index (χ2n) is 8.15. The minimum atomic E-state index is -3.80. The lowest BCUT2D eigenvalue weighted by Gasteiger charge is -2.27. The number of likely N-dealkylation sites (tertiary alicyclic amines) is 1. The van der Waals surface area contributed by atoms with Gasteiger partial charge in [-0.15, -0.1) is 0 Å². The summed E-state index contributed by atoms with van der Waals surface area (Å²) in [6, 6.07) is 11.6. The monoisotopic (exact) mass is 427 g/mol. The lowest BCUT2D eigenvalue weighted by molar-refractivity contribution is 0.218. The third kappa shape index (κ3) is 3.45. The molecular formula is C22H25N3O4S. The number of hydrogen-bond acceptors (Lipinski definition) is 6. The van der Waals surface area contributed by atoms with Crippen LogP contribution >= 0.6 is 0 Å². The third-order valence-corrected chi connectivity index (χ3v) is 7.40. The van der Waals surface area contributed by atoms with Gasteiger partial charge in [0, 0.05) is 42.7 Å². The number of aryl methyl sites for hydroxylation is 1. The molecule has 2 saturated heterocycles. The molecule has 2 fully saturated rings. The third-order valence-electron chi connectivity index (χ3n) is 6.05. The largest absolute Gasteiger partial charge is 0.495 e. The fourth-order valence-corrected chi connectivity index (χ4v) is 5.71. The van der Waals surface area contributed by atoms with Crippen molar-refractivity contribution in [2.45, 2.75) is 36.9 Å². The zero-order chi connectivity index (χ0) is 20.9. The van der Waals surface area contributed by atoms with Crippen molar-refractivity contribution in [1.29, 1.82) is 0 Å². The lowest BCUT2D eigenvalue weighted by Crippen LogP contribution is -2.43. The fourth-order valence-electron chi connectivity index (χ4n) is 4.56. The van der Waals surface area contributed by atoms with Crippen LogP contribution in [0.5, 0.6) is 5.75 Å². The van der Waals surface area contributed by atoms with E-state index in [9.17, 15) is 8.42 Å². The molecule has 30 heavy (non-hydrogen) atoms. The first-order valence-corrected chi connectivity index (χ1v) is 11.6. The van der Waals surface area contributed by atoms with Crippen molar-refractivity contribution in [3.05, 3.63) is 53.8 Å². The molecule has 3 aromatic rings. The van der Waals surface area contributed by atoms with Crippen LogP contribution in [-0.2, 0) is 16.6 Å². The number of methoxy groups -OCH3 is 1. The Hall–Kier alpha value is -2.55. The number of piperazine rings is 1. The summed E-state index contributed by atoms with van der Waals surface area (Å²) in [5, 5.41) is 4.28. The smallest absolute Gasteiger partial charge is 0.262 e. The molecule has 2 N–H and O–H groups in total. The fraction of sp³-hybridized carbons (Fsp3) is 0.364. The molecule has 2 aromatic carbocycles. The molecule has 7 nitrogen and oxygen atoms in total. The maximum Gasteiger partial charge on any atom is 0.262 e. The number of nitrogens with one attached hydrogen (secondary N) is 2. The molecule has 2 atom stereocenters. The zero-order valence-electron chi connectivity index (χ0n) is 17.0. The molecule has 2 bridgehead atoms. The average molecular weight is 428 g/mol. The van der Waals surface area contributed by atoms with Crippen molar-refractivity contribution in [2.75, 3.05) is 24.9 Å². The van der Waals surface area contributed by atoms with Crippen LogP contribution in [0.25, 0.3) is 11.0 Å². The van der Waals surface area contributed by atoms with Crippen molar-refractivity contribution in [1.82, 2.24) is 10.2 Å². The topological polar surface area (TPSA) is 83.8 Å². The molecule has 0 spiro atoms. The van der Waals surface area contributed by atoms with Crippen LogP contribution in [0, 0.1) is 6.92 Å². The van der Waals surface area contributed by atoms with Gasteiger partial charge >= 0.3 is 0 Å². The van der Waals surface area contributed by atoms with Crippen LogP contribution in [0.1, 0.15) is 17.5 Å². The first-order valence-electron chi connectivity index (χ1n) is 10.1. The van der Waals surface area contributed by atoms with E-state index in [0.29, 0.717) is 30.1 Å². The highest BCUT2D eigenvalue weighted by atomic mass is 32.2. The number of furan rings is 1. The van der Waals surface area contributed by atoms with Gasteiger partial charge in [-0.25, -0.2) is 8.42 Å². The summed E-state index contributed by atoms with van der Waals surface area (Å²) in [7, 11) is -2.28. The molecule has 1 aromatic heterocycles. The van der Waals surface area contributed by atoms with Crippen LogP contribution in [0.2, 0.25) is 0 Å². The Morgan fingerprint density at radius 1 is 1.27 bits per heavy atom. The Kier molecular flexibility index (Phi) is 4.72. The Balaban J connectivity index is 1.50. The number of ether oxygens (including phenoxy) is 1. The Morgan fingerprint density at radius 3 is 2.87 bits per heavy atom. The summed E-state index contributed by atoms with van der Waals surface area (Å²) in [6.45, 7) is 4.54. The van der Waals surface area contributed by atoms with E-state index < -0.39 is 10.0 Å². The second-order valence-corrected chi connectivity index (χ2v) is 9.84. The number of sulfonamides is 1. The minimum Gasteiger partial charge on any atom is -0.495 e. The van der Waals surface area contributed by atoms with Gasteiger partial charge in [0.1, 0.15) is 11.3 Å². The van der Waals surface area contributed by atoms with E-state index in [1.54, 1.807) is 30.5 Å². The molecule has 0 aliphatic carbocycles. The van der Waals surface area contributed by atoms with E-state index in [0.717, 1.165) is 41.6 Å². The first kappa shape index (κ1) is 19.4. The molecule has 3 heterocycles. The van der Waals surface area contributed by atoms with Gasteiger partial charge < -0.3 is 14.5 Å². The Bertz CT molecular complexity index is 1200. The summed E-state index contributed by atoms with van der Waals surface area (Å²) < 4.78 is 40.2. The summed E-state index contributed by atoms with van der Waals surface area (Å²) >= 11 is 0. The van der Waals surface area contributed by atoms with Crippen molar-refractivity contribution in [3.8, 4) is 5.75 Å². The number of benzene rings is 2. The summed E-state index contributed by atoms with van der Waals surface area (Å²) in [4.78, 5) is 2.63. The summed E-state index contributed by atoms with van der Waals surface area (Å²) in [6.07, 6.45) is 2.76. The maximum absolute atomic E-state index is 13.2. The summed E-state index contributed by atoms with van der Waals surface area (Å²) in [5.41, 5.74) is 3.01. The van der Waals surface area contributed by atoms with Crippen LogP contribution in [0.4, 0.5) is 5.69 Å². The van der Waals surface area contributed by atoms with Gasteiger partial charge in [-0.2, -0.15) is 0 Å². The molecular weight excluding hydrogens is 402 g/mol. The van der Waals surface area contributed by atoms with E-state index in [4.69, 9.17) is 9.15 Å². The number of anilines is 1. The van der Waals surface area contributed by atoms with E-state index in [1.807, 2.05) is 19.1 Å². The molecule has 2 aliphatic heterocycles. The molecule has 158 valence electrons. The predicted molar refractivity (Wildman–Crippen MR) is 115 cm³/mol. The molecule has 0 radical (unpaired) electrons. The highest BCUT2D eigenvalue weighted by Crippen LogP contribution is 2.32. The maximum atomic E-state index is 13.2. The Morgan fingerprint density at radius 2 is 2.13 bits per heavy atom. The Labute approximate surface area is 176 Å². The SMILES string of the molecule is COc1ccc(C)cc1NS(=O)(=O)c1cc(CN2C[C@@H]3C[C@H]2CN3)c2occc2c1. The van der Waals surface area contributed by atoms with Crippen molar-refractivity contribution < 1.29 is 17.6 Å². The van der Waals surface area contributed by atoms with Gasteiger partial charge in [-0.1, -0.05) is 6.07 Å². The van der Waals surface area contributed by atoms with Crippen molar-refractivity contribution in [3.63, 3.8) is 0 Å². The van der Waals surface area contributed by atoms with E-state index in [2.05, 4.69) is 14.9 Å². The molecule has 2 aliphatic rings. The minimum absolute atomic E-state index is 0.220. The summed E-state index contributed by atoms with van der Waals surface area (Å²) in [5.74, 6) is 0.481. The number of hydrogen-bond donors (Lipinski definition) is 2. The van der Waals surface area contributed by atoms with Crippen molar-refractivity contribution in [2.24, 2.45) is 0 Å². The standard InChI is InChI=1S/C22H25N3O4S/c1-14-3-4-21(28-2)20(7-14)24-30(26,27)19-8-15-5-6-29-22(15)16(9-19)12-25-13-17-10-18(25)11-23-17/h3-9,17-18,23-24H,10-13H2,1-2H3/t17-,18-/m0/s1. The zero-order valence-corrected chi connectivity index (χ0v) is 17.8. The number of rotatable bonds is 6. The van der Waals surface area contributed by atoms with Gasteiger partial charge in [0.15, 0.2) is 0 Å². The quantitative estimate of drug-likeness (QED) is 0.629. The van der Waals surface area contributed by atoms with Gasteiger partial charge in [0.05, 0.1) is 24.0 Å². The van der Waals surface area contributed by atoms with Crippen LogP contribution in [0.3, 0.4) is 0 Å². The number of nitrogens with zero attached hydrogens (tertiary/aromatic N) is 1. The molecule has 5 rings (SSSR count). The highest BCUT2D eigenvalue weighted by molar-refractivity contribution is 7.92. The van der Waals surface area contributed by atoms with Crippen LogP contribution in [-0.4, -0.2) is 45.6 Å². The van der Waals surface area contributed by atoms with Gasteiger partial charge in [0.2, 0.25) is 0 Å². The van der Waals surface area contributed by atoms with Gasteiger partial charge in [-0.05, 0) is 49.2 Å². The second kappa shape index (κ2) is 7.30. The van der Waals surface area contributed by atoms with Gasteiger partial charge in [-0.3, -0.25) is 9.62 Å². The molecule has 0 amide bonds. The van der Waals surface area contributed by atoms with Crippen LogP contribution in [0.15, 0.2) is 52.0 Å². The predicted octanol–water partition coefficient (Wildman–Crippen LogP) is 3.10. The van der Waals surface area contributed by atoms with E-state index in [-0.39, 0.29) is 4.90 Å². The molecule has 8 heteroatoms. The number of fused-ring (bicyclic) bond motifs is 3. The molecule has 0 saturated carbocycles. The van der Waals surface area contributed by atoms with Crippen molar-refractivity contribution >= 4 is 26.7 Å². The van der Waals surface area contributed by atoms with E-state index >= 15 is 0 Å². The average Bonchev–Trinajstić information content (AvgIpc) is 3.44. The normalized spacial score (nSPS) is 21.4. The highest BCUT2D eigenvalue weighted by Gasteiger charge is 2.37. The van der Waals surface area contributed by atoms with Crippen LogP contribution < -0.4 is 14.8 Å². The van der Waals surface area contributed by atoms with Gasteiger partial charge in [0.25, 0.3) is 10.0 Å². The lowest BCUT2D eigenvalue weighted by atomic mass is 10.1. The molecule has 0 unspecified atom stereocenters.